The van der Waals surface area contributed by atoms with E-state index in [0.29, 0.717) is 17.9 Å². The highest BCUT2D eigenvalue weighted by atomic mass is 32.1. The van der Waals surface area contributed by atoms with E-state index >= 15 is 0 Å². The Labute approximate surface area is 139 Å². The summed E-state index contributed by atoms with van der Waals surface area (Å²) in [6.45, 7) is 0.733. The van der Waals surface area contributed by atoms with Crippen LogP contribution in [0.25, 0.3) is 0 Å². The first-order valence-electron chi connectivity index (χ1n) is 8.19. The molecule has 0 spiro atoms. The third-order valence-corrected chi connectivity index (χ3v) is 5.64. The van der Waals surface area contributed by atoms with Gasteiger partial charge in [0.1, 0.15) is 5.76 Å². The highest BCUT2D eigenvalue weighted by molar-refractivity contribution is 7.12. The summed E-state index contributed by atoms with van der Waals surface area (Å²) in [4.78, 5) is 27.9. The summed E-state index contributed by atoms with van der Waals surface area (Å²) in [6, 6.07) is 5.55. The van der Waals surface area contributed by atoms with Gasteiger partial charge in [-0.25, -0.2) is 0 Å². The van der Waals surface area contributed by atoms with Crippen LogP contribution >= 0.6 is 11.3 Å². The molecule has 23 heavy (non-hydrogen) atoms. The summed E-state index contributed by atoms with van der Waals surface area (Å²) in [5.74, 6) is 1.42. The Morgan fingerprint density at radius 2 is 2.13 bits per heavy atom. The van der Waals surface area contributed by atoms with Crippen LogP contribution in [0.3, 0.4) is 0 Å². The van der Waals surface area contributed by atoms with E-state index in [-0.39, 0.29) is 17.7 Å². The lowest BCUT2D eigenvalue weighted by Crippen LogP contribution is -2.37. The molecule has 1 amide bonds. The van der Waals surface area contributed by atoms with Gasteiger partial charge in [0.2, 0.25) is 0 Å². The van der Waals surface area contributed by atoms with Crippen LogP contribution in [-0.4, -0.2) is 29.2 Å². The second kappa shape index (κ2) is 5.96. The first kappa shape index (κ1) is 14.7. The molecule has 4 nitrogen and oxygen atoms in total. The Morgan fingerprint density at radius 1 is 1.26 bits per heavy atom. The van der Waals surface area contributed by atoms with Gasteiger partial charge in [0.05, 0.1) is 16.7 Å². The molecule has 0 aromatic carbocycles. The van der Waals surface area contributed by atoms with Crippen LogP contribution in [0.5, 0.6) is 0 Å². The zero-order valence-corrected chi connectivity index (χ0v) is 13.7. The van der Waals surface area contributed by atoms with Gasteiger partial charge in [-0.05, 0) is 43.2 Å². The molecule has 2 aromatic rings. The molecule has 0 bridgehead atoms. The lowest BCUT2D eigenvalue weighted by Gasteiger charge is -2.24. The maximum atomic E-state index is 12.9. The number of carbonyl (C=O) groups is 2. The average Bonchev–Trinajstić information content (AvgIpc) is 3.03. The van der Waals surface area contributed by atoms with Crippen molar-refractivity contribution in [3.8, 4) is 0 Å². The molecule has 1 aliphatic carbocycles. The van der Waals surface area contributed by atoms with Crippen LogP contribution in [-0.2, 0) is 0 Å². The highest BCUT2D eigenvalue weighted by Crippen LogP contribution is 2.42. The minimum Gasteiger partial charge on any atom is -0.468 e. The Kier molecular flexibility index (Phi) is 3.81. The second-order valence-corrected chi connectivity index (χ2v) is 7.32. The number of likely N-dealkylation sites (tertiary alicyclic amines) is 1. The molecule has 1 saturated heterocycles. The van der Waals surface area contributed by atoms with E-state index < -0.39 is 0 Å². The molecule has 0 radical (unpaired) electrons. The molecule has 2 aromatic heterocycles. The van der Waals surface area contributed by atoms with Gasteiger partial charge in [0.25, 0.3) is 5.91 Å². The smallest absolute Gasteiger partial charge is 0.257 e. The number of carbonyl (C=O) groups excluding carboxylic acids is 2. The van der Waals surface area contributed by atoms with Crippen molar-refractivity contribution in [3.05, 3.63) is 46.0 Å². The van der Waals surface area contributed by atoms with Crippen molar-refractivity contribution in [2.75, 3.05) is 6.54 Å². The molecule has 0 N–H and O–H groups in total. The molecule has 4 rings (SSSR count). The number of thiophene rings is 1. The molecular weight excluding hydrogens is 310 g/mol. The largest absolute Gasteiger partial charge is 0.468 e. The Bertz CT molecular complexity index is 714. The van der Waals surface area contributed by atoms with Crippen LogP contribution in [0.15, 0.2) is 34.3 Å². The molecule has 2 aliphatic rings. The third-order valence-electron chi connectivity index (χ3n) is 4.73. The molecule has 1 atom stereocenters. The van der Waals surface area contributed by atoms with Gasteiger partial charge in [0, 0.05) is 24.9 Å². The molecule has 1 saturated carbocycles. The second-order valence-electron chi connectivity index (χ2n) is 6.37. The Hall–Kier alpha value is -1.88. The molecule has 0 unspecified atom stereocenters. The van der Waals surface area contributed by atoms with Gasteiger partial charge in [-0.3, -0.25) is 9.59 Å². The predicted octanol–water partition coefficient (Wildman–Crippen LogP) is 4.10. The first-order chi connectivity index (χ1) is 11.2. The van der Waals surface area contributed by atoms with Gasteiger partial charge in [-0.15, -0.1) is 11.3 Å². The van der Waals surface area contributed by atoms with Gasteiger partial charge < -0.3 is 9.32 Å². The number of furan rings is 1. The van der Waals surface area contributed by atoms with Crippen LogP contribution in [0, 0.1) is 0 Å². The predicted molar refractivity (Wildman–Crippen MR) is 88.0 cm³/mol. The van der Waals surface area contributed by atoms with E-state index in [1.54, 1.807) is 12.3 Å². The fourth-order valence-electron chi connectivity index (χ4n) is 3.38. The third kappa shape index (κ3) is 2.85. The van der Waals surface area contributed by atoms with Gasteiger partial charge in [0.15, 0.2) is 5.78 Å². The number of ketones is 1. The monoisotopic (exact) mass is 329 g/mol. The summed E-state index contributed by atoms with van der Waals surface area (Å²) in [5.41, 5.74) is 0.697. The average molecular weight is 329 g/mol. The van der Waals surface area contributed by atoms with Crippen molar-refractivity contribution in [2.45, 2.75) is 44.1 Å². The highest BCUT2D eigenvalue weighted by Gasteiger charge is 2.36. The van der Waals surface area contributed by atoms with Crippen molar-refractivity contribution >= 4 is 23.0 Å². The van der Waals surface area contributed by atoms with E-state index in [1.165, 1.54) is 11.3 Å². The first-order valence-corrected chi connectivity index (χ1v) is 9.07. The summed E-state index contributed by atoms with van der Waals surface area (Å²) in [6.07, 6.45) is 6.11. The number of Topliss-reactive ketones (excluding diaryl/α,β-unsaturated/α-hetero) is 1. The normalized spacial score (nSPS) is 20.9. The lowest BCUT2D eigenvalue weighted by atomic mass is 10.1. The number of rotatable bonds is 5. The van der Waals surface area contributed by atoms with Crippen molar-refractivity contribution in [1.29, 1.82) is 0 Å². The van der Waals surface area contributed by atoms with Crippen LogP contribution < -0.4 is 0 Å². The number of hydrogen-bond acceptors (Lipinski definition) is 4. The van der Waals surface area contributed by atoms with E-state index in [4.69, 9.17) is 4.42 Å². The maximum absolute atomic E-state index is 12.9. The van der Waals surface area contributed by atoms with Crippen molar-refractivity contribution in [1.82, 2.24) is 4.90 Å². The van der Waals surface area contributed by atoms with E-state index in [1.807, 2.05) is 22.4 Å². The standard InChI is InChI=1S/C18H19NO3S/c20-15(16-4-2-10-23-16)11-13-3-1-8-19(13)18(21)14-7-9-22-17(14)12-5-6-12/h2,4,7,9-10,12-13H,1,3,5-6,8,11H2/t13-/m1/s1. The number of amides is 1. The summed E-state index contributed by atoms with van der Waals surface area (Å²) < 4.78 is 5.53. The molecule has 3 heterocycles. The van der Waals surface area contributed by atoms with Crippen LogP contribution in [0.2, 0.25) is 0 Å². The van der Waals surface area contributed by atoms with Crippen LogP contribution in [0.4, 0.5) is 0 Å². The van der Waals surface area contributed by atoms with Gasteiger partial charge in [-0.2, -0.15) is 0 Å². The fraction of sp³-hybridized carbons (Fsp3) is 0.444. The van der Waals surface area contributed by atoms with E-state index in [0.717, 1.165) is 42.9 Å². The van der Waals surface area contributed by atoms with Gasteiger partial charge >= 0.3 is 0 Å². The summed E-state index contributed by atoms with van der Waals surface area (Å²) >= 11 is 1.47. The fourth-order valence-corrected chi connectivity index (χ4v) is 4.06. The van der Waals surface area contributed by atoms with E-state index in [2.05, 4.69) is 0 Å². The van der Waals surface area contributed by atoms with Crippen molar-refractivity contribution in [2.24, 2.45) is 0 Å². The SMILES string of the molecule is O=C(C[C@H]1CCCN1C(=O)c1ccoc1C1CC1)c1cccs1. The van der Waals surface area contributed by atoms with Gasteiger partial charge in [-0.1, -0.05) is 6.07 Å². The van der Waals surface area contributed by atoms with Crippen LogP contribution in [0.1, 0.15) is 63.8 Å². The van der Waals surface area contributed by atoms with E-state index in [9.17, 15) is 9.59 Å². The summed E-state index contributed by atoms with van der Waals surface area (Å²) in [7, 11) is 0. The molecule has 2 fully saturated rings. The summed E-state index contributed by atoms with van der Waals surface area (Å²) in [5, 5.41) is 1.91. The quantitative estimate of drug-likeness (QED) is 0.776. The maximum Gasteiger partial charge on any atom is 0.257 e. The molecule has 120 valence electrons. The molecule has 5 heteroatoms. The zero-order valence-electron chi connectivity index (χ0n) is 12.9. The molecular formula is C18H19NO3S. The molecule has 1 aliphatic heterocycles. The Morgan fingerprint density at radius 3 is 2.87 bits per heavy atom. The Balaban J connectivity index is 1.49. The zero-order chi connectivity index (χ0) is 15.8. The van der Waals surface area contributed by atoms with Crippen molar-refractivity contribution in [3.63, 3.8) is 0 Å². The minimum absolute atomic E-state index is 0.0130. The minimum atomic E-state index is 0.0130. The van der Waals surface area contributed by atoms with Crippen molar-refractivity contribution < 1.29 is 14.0 Å². The number of hydrogen-bond donors (Lipinski definition) is 0. The lowest BCUT2D eigenvalue weighted by molar-refractivity contribution is 0.0715. The topological polar surface area (TPSA) is 50.5 Å². The number of nitrogens with zero attached hydrogens (tertiary/aromatic N) is 1.